The van der Waals surface area contributed by atoms with Crippen LogP contribution in [0.1, 0.15) is 13.3 Å². The molecular weight excluding hydrogens is 160 g/mol. The number of hydrogen-bond donors (Lipinski definition) is 1. The maximum Gasteiger partial charge on any atom is 0.0596 e. The maximum atomic E-state index is 3.40. The molecule has 1 aromatic carbocycles. The van der Waals surface area contributed by atoms with Crippen LogP contribution in [0.25, 0.3) is 0 Å². The van der Waals surface area contributed by atoms with Gasteiger partial charge >= 0.3 is 0 Å². The van der Waals surface area contributed by atoms with Crippen LogP contribution >= 0.6 is 0 Å². The van der Waals surface area contributed by atoms with Gasteiger partial charge in [-0.3, -0.25) is 0 Å². The van der Waals surface area contributed by atoms with Gasteiger partial charge in [0, 0.05) is 20.6 Å². The average molecular weight is 178 g/mol. The normalized spacial score (nSPS) is 9.77. The lowest BCUT2D eigenvalue weighted by molar-refractivity contribution is 0.976. The minimum atomic E-state index is 1.03. The predicted octanol–water partition coefficient (Wildman–Crippen LogP) is 2.57. The van der Waals surface area contributed by atoms with Gasteiger partial charge in [-0.25, -0.2) is 0 Å². The van der Waals surface area contributed by atoms with Crippen LogP contribution in [-0.2, 0) is 0 Å². The Labute approximate surface area is 80.6 Å². The van der Waals surface area contributed by atoms with Gasteiger partial charge in [0.2, 0.25) is 0 Å². The van der Waals surface area contributed by atoms with Crippen molar-refractivity contribution in [3.05, 3.63) is 24.3 Å². The fourth-order valence-corrected chi connectivity index (χ4v) is 1.27. The van der Waals surface area contributed by atoms with Crippen LogP contribution in [0.5, 0.6) is 0 Å². The second-order valence-corrected chi connectivity index (χ2v) is 3.34. The Kier molecular flexibility index (Phi) is 3.62. The smallest absolute Gasteiger partial charge is 0.0596 e. The third kappa shape index (κ3) is 2.65. The van der Waals surface area contributed by atoms with E-state index < -0.39 is 0 Å². The summed E-state index contributed by atoms with van der Waals surface area (Å²) in [6.45, 7) is 3.20. The van der Waals surface area contributed by atoms with Gasteiger partial charge in [0.25, 0.3) is 0 Å². The maximum absolute atomic E-state index is 3.40. The number of para-hydroxylation sites is 2. The molecule has 1 N–H and O–H groups in total. The van der Waals surface area contributed by atoms with E-state index in [1.165, 1.54) is 11.4 Å². The highest BCUT2D eigenvalue weighted by molar-refractivity contribution is 5.69. The van der Waals surface area contributed by atoms with Crippen LogP contribution in [-0.4, -0.2) is 20.6 Å². The van der Waals surface area contributed by atoms with Crippen molar-refractivity contribution in [2.24, 2.45) is 0 Å². The third-order valence-electron chi connectivity index (χ3n) is 1.95. The Balaban J connectivity index is 2.78. The first kappa shape index (κ1) is 9.90. The average Bonchev–Trinajstić information content (AvgIpc) is 2.15. The number of nitrogens with zero attached hydrogens (tertiary/aromatic N) is 1. The van der Waals surface area contributed by atoms with Gasteiger partial charge in [0.1, 0.15) is 0 Å². The van der Waals surface area contributed by atoms with E-state index in [-0.39, 0.29) is 0 Å². The zero-order valence-corrected chi connectivity index (χ0v) is 8.67. The van der Waals surface area contributed by atoms with Gasteiger partial charge in [-0.05, 0) is 18.6 Å². The molecule has 0 spiro atoms. The van der Waals surface area contributed by atoms with Crippen molar-refractivity contribution in [2.75, 3.05) is 30.9 Å². The molecule has 0 amide bonds. The van der Waals surface area contributed by atoms with Gasteiger partial charge < -0.3 is 10.2 Å². The summed E-state index contributed by atoms with van der Waals surface area (Å²) in [4.78, 5) is 2.12. The summed E-state index contributed by atoms with van der Waals surface area (Å²) in [7, 11) is 4.12. The fraction of sp³-hybridized carbons (Fsp3) is 0.455. The van der Waals surface area contributed by atoms with E-state index in [1.54, 1.807) is 0 Å². The molecule has 0 aromatic heterocycles. The molecule has 2 heteroatoms. The zero-order valence-electron chi connectivity index (χ0n) is 8.67. The molecule has 0 bridgehead atoms. The Hall–Kier alpha value is -1.18. The van der Waals surface area contributed by atoms with E-state index in [1.807, 2.05) is 0 Å². The summed E-state index contributed by atoms with van der Waals surface area (Å²) in [5, 5.41) is 3.40. The molecule has 1 aromatic rings. The molecule has 0 aliphatic heterocycles. The minimum Gasteiger partial charge on any atom is -0.383 e. The van der Waals surface area contributed by atoms with Gasteiger partial charge in [-0.2, -0.15) is 0 Å². The quantitative estimate of drug-likeness (QED) is 0.762. The zero-order chi connectivity index (χ0) is 9.68. The molecule has 2 nitrogen and oxygen atoms in total. The van der Waals surface area contributed by atoms with Crippen molar-refractivity contribution in [2.45, 2.75) is 13.3 Å². The molecule has 0 heterocycles. The van der Waals surface area contributed by atoms with Crippen molar-refractivity contribution in [1.82, 2.24) is 0 Å². The number of anilines is 2. The van der Waals surface area contributed by atoms with Crippen molar-refractivity contribution in [3.63, 3.8) is 0 Å². The van der Waals surface area contributed by atoms with Crippen molar-refractivity contribution < 1.29 is 0 Å². The van der Waals surface area contributed by atoms with Crippen LogP contribution in [0.2, 0.25) is 0 Å². The minimum absolute atomic E-state index is 1.03. The molecule has 0 fully saturated rings. The summed E-state index contributed by atoms with van der Waals surface area (Å²) < 4.78 is 0. The van der Waals surface area contributed by atoms with Crippen molar-refractivity contribution in [3.8, 4) is 0 Å². The van der Waals surface area contributed by atoms with Gasteiger partial charge in [0.15, 0.2) is 0 Å². The molecule has 0 saturated heterocycles. The van der Waals surface area contributed by atoms with Crippen LogP contribution < -0.4 is 10.2 Å². The number of nitrogens with one attached hydrogen (secondary N) is 1. The highest BCUT2D eigenvalue weighted by Crippen LogP contribution is 2.22. The summed E-state index contributed by atoms with van der Waals surface area (Å²) in [5.74, 6) is 0. The lowest BCUT2D eigenvalue weighted by Crippen LogP contribution is -2.12. The first-order valence-corrected chi connectivity index (χ1v) is 4.76. The SMILES string of the molecule is CCCNc1ccccc1N(C)C. The van der Waals surface area contributed by atoms with E-state index in [0.29, 0.717) is 0 Å². The molecule has 13 heavy (non-hydrogen) atoms. The highest BCUT2D eigenvalue weighted by Gasteiger charge is 2.00. The Bertz CT molecular complexity index is 256. The predicted molar refractivity (Wildman–Crippen MR) is 59.5 cm³/mol. The van der Waals surface area contributed by atoms with E-state index >= 15 is 0 Å². The van der Waals surface area contributed by atoms with E-state index in [2.05, 4.69) is 55.5 Å². The van der Waals surface area contributed by atoms with Crippen LogP contribution in [0.4, 0.5) is 11.4 Å². The molecule has 0 unspecified atom stereocenters. The van der Waals surface area contributed by atoms with Crippen molar-refractivity contribution in [1.29, 1.82) is 0 Å². The summed E-state index contributed by atoms with van der Waals surface area (Å²) in [5.41, 5.74) is 2.46. The van der Waals surface area contributed by atoms with E-state index in [9.17, 15) is 0 Å². The topological polar surface area (TPSA) is 15.3 Å². The van der Waals surface area contributed by atoms with Crippen LogP contribution in [0, 0.1) is 0 Å². The number of benzene rings is 1. The van der Waals surface area contributed by atoms with Crippen LogP contribution in [0.15, 0.2) is 24.3 Å². The first-order valence-electron chi connectivity index (χ1n) is 4.76. The third-order valence-corrected chi connectivity index (χ3v) is 1.95. The van der Waals surface area contributed by atoms with E-state index in [0.717, 1.165) is 13.0 Å². The lowest BCUT2D eigenvalue weighted by Gasteiger charge is -2.17. The summed E-state index contributed by atoms with van der Waals surface area (Å²) >= 11 is 0. The number of hydrogen-bond acceptors (Lipinski definition) is 2. The van der Waals surface area contributed by atoms with E-state index in [4.69, 9.17) is 0 Å². The van der Waals surface area contributed by atoms with Gasteiger partial charge in [-0.1, -0.05) is 19.1 Å². The summed E-state index contributed by atoms with van der Waals surface area (Å²) in [6.07, 6.45) is 1.15. The van der Waals surface area contributed by atoms with Crippen molar-refractivity contribution >= 4 is 11.4 Å². The Morgan fingerprint density at radius 3 is 2.54 bits per heavy atom. The second-order valence-electron chi connectivity index (χ2n) is 3.34. The Morgan fingerprint density at radius 2 is 1.92 bits per heavy atom. The number of rotatable bonds is 4. The lowest BCUT2D eigenvalue weighted by atomic mass is 10.2. The monoisotopic (exact) mass is 178 g/mol. The van der Waals surface area contributed by atoms with Crippen LogP contribution in [0.3, 0.4) is 0 Å². The molecule has 0 aliphatic rings. The molecule has 0 radical (unpaired) electrons. The molecule has 0 atom stereocenters. The molecular formula is C11H18N2. The highest BCUT2D eigenvalue weighted by atomic mass is 15.1. The summed E-state index contributed by atoms with van der Waals surface area (Å²) in [6, 6.07) is 8.36. The molecule has 1 rings (SSSR count). The van der Waals surface area contributed by atoms with Gasteiger partial charge in [0.05, 0.1) is 11.4 Å². The Morgan fingerprint density at radius 1 is 1.23 bits per heavy atom. The van der Waals surface area contributed by atoms with Gasteiger partial charge in [-0.15, -0.1) is 0 Å². The first-order chi connectivity index (χ1) is 6.25. The fourth-order valence-electron chi connectivity index (χ4n) is 1.27. The molecule has 0 saturated carbocycles. The largest absolute Gasteiger partial charge is 0.383 e. The molecule has 0 aliphatic carbocycles. The second kappa shape index (κ2) is 4.75. The standard InChI is InChI=1S/C11H18N2/c1-4-9-12-10-7-5-6-8-11(10)13(2)3/h5-8,12H,4,9H2,1-3H3. The molecule has 72 valence electrons.